The fourth-order valence-corrected chi connectivity index (χ4v) is 4.59. The van der Waals surface area contributed by atoms with E-state index in [-0.39, 0.29) is 18.6 Å². The predicted octanol–water partition coefficient (Wildman–Crippen LogP) is 4.59. The highest BCUT2D eigenvalue weighted by atomic mass is 16.6. The Balaban J connectivity index is 1.63. The number of benzene rings is 2. The number of amides is 2. The molecule has 2 aromatic rings. The third-order valence-corrected chi connectivity index (χ3v) is 6.88. The molecule has 5 heteroatoms. The van der Waals surface area contributed by atoms with Crippen LogP contribution in [0.15, 0.2) is 30.3 Å². The van der Waals surface area contributed by atoms with Gasteiger partial charge in [0.2, 0.25) is 0 Å². The van der Waals surface area contributed by atoms with Gasteiger partial charge in [-0.2, -0.15) is 0 Å². The van der Waals surface area contributed by atoms with Crippen LogP contribution < -0.4 is 4.74 Å². The molecule has 4 rings (SSSR count). The maximum absolute atomic E-state index is 13.6. The monoisotopic (exact) mass is 407 g/mol. The number of nitrogens with zero attached hydrogens (tertiary/aromatic N) is 1. The molecule has 0 spiro atoms. The van der Waals surface area contributed by atoms with Gasteiger partial charge in [0, 0.05) is 6.42 Å². The van der Waals surface area contributed by atoms with Gasteiger partial charge in [-0.05, 0) is 80.8 Å². The van der Waals surface area contributed by atoms with E-state index in [9.17, 15) is 9.59 Å². The van der Waals surface area contributed by atoms with Gasteiger partial charge in [-0.1, -0.05) is 30.3 Å². The number of fused-ring (bicyclic) bond motifs is 1. The minimum absolute atomic E-state index is 0.211. The van der Waals surface area contributed by atoms with Gasteiger partial charge in [0.15, 0.2) is 5.60 Å². The number of cyclic esters (lactones) is 1. The molecule has 1 fully saturated rings. The lowest BCUT2D eigenvalue weighted by molar-refractivity contribution is -0.146. The van der Waals surface area contributed by atoms with Crippen molar-refractivity contribution in [3.8, 4) is 5.75 Å². The van der Waals surface area contributed by atoms with Crippen LogP contribution in [0.3, 0.4) is 0 Å². The zero-order chi connectivity index (χ0) is 21.6. The van der Waals surface area contributed by atoms with E-state index in [1.54, 1.807) is 6.92 Å². The number of ether oxygens (including phenoxy) is 2. The van der Waals surface area contributed by atoms with Crippen LogP contribution in [-0.4, -0.2) is 35.2 Å². The lowest BCUT2D eigenvalue weighted by atomic mass is 9.84. The maximum atomic E-state index is 13.6. The van der Waals surface area contributed by atoms with Crippen molar-refractivity contribution in [2.24, 2.45) is 0 Å². The van der Waals surface area contributed by atoms with Gasteiger partial charge < -0.3 is 9.47 Å². The minimum atomic E-state index is -1.09. The van der Waals surface area contributed by atoms with E-state index in [1.165, 1.54) is 27.2 Å². The van der Waals surface area contributed by atoms with Gasteiger partial charge in [0.1, 0.15) is 12.4 Å². The summed E-state index contributed by atoms with van der Waals surface area (Å²) >= 11 is 0. The van der Waals surface area contributed by atoms with Crippen LogP contribution in [0.2, 0.25) is 0 Å². The van der Waals surface area contributed by atoms with Crippen LogP contribution >= 0.6 is 0 Å². The van der Waals surface area contributed by atoms with Gasteiger partial charge >= 0.3 is 6.09 Å². The molecule has 2 aromatic carbocycles. The lowest BCUT2D eigenvalue weighted by Crippen LogP contribution is -2.55. The van der Waals surface area contributed by atoms with Crippen LogP contribution in [0.25, 0.3) is 0 Å². The first kappa shape index (κ1) is 20.5. The summed E-state index contributed by atoms with van der Waals surface area (Å²) in [7, 11) is 0. The molecule has 0 radical (unpaired) electrons. The van der Waals surface area contributed by atoms with Crippen molar-refractivity contribution in [1.82, 2.24) is 4.90 Å². The molecule has 2 amide bonds. The van der Waals surface area contributed by atoms with Crippen molar-refractivity contribution >= 4 is 12.0 Å². The molecule has 5 nitrogen and oxygen atoms in total. The lowest BCUT2D eigenvalue weighted by Gasteiger charge is -2.39. The fourth-order valence-electron chi connectivity index (χ4n) is 4.59. The Labute approximate surface area is 178 Å². The first-order valence-electron chi connectivity index (χ1n) is 10.6. The summed E-state index contributed by atoms with van der Waals surface area (Å²) in [5.74, 6) is 0.483. The number of carbonyl (C=O) groups excluding carboxylic acids is 2. The predicted molar refractivity (Wildman–Crippen MR) is 115 cm³/mol. The first-order chi connectivity index (χ1) is 14.2. The van der Waals surface area contributed by atoms with E-state index in [4.69, 9.17) is 9.47 Å². The highest BCUT2D eigenvalue weighted by molar-refractivity contribution is 5.98. The largest absolute Gasteiger partial charge is 0.477 e. The average molecular weight is 408 g/mol. The summed E-state index contributed by atoms with van der Waals surface area (Å²) in [4.78, 5) is 27.4. The van der Waals surface area contributed by atoms with Gasteiger partial charge in [-0.3, -0.25) is 4.79 Å². The number of rotatable bonds is 3. The Hall–Kier alpha value is -2.82. The van der Waals surface area contributed by atoms with Crippen molar-refractivity contribution in [2.75, 3.05) is 6.61 Å². The maximum Gasteiger partial charge on any atom is 0.417 e. The number of imide groups is 1. The van der Waals surface area contributed by atoms with Crippen molar-refractivity contribution in [3.05, 3.63) is 63.7 Å². The van der Waals surface area contributed by atoms with Crippen molar-refractivity contribution < 1.29 is 19.1 Å². The normalized spacial score (nSPS) is 23.0. The number of hydrogen-bond donors (Lipinski definition) is 0. The second-order valence-electron chi connectivity index (χ2n) is 8.74. The zero-order valence-electron chi connectivity index (χ0n) is 18.4. The molecule has 0 aliphatic carbocycles. The van der Waals surface area contributed by atoms with Gasteiger partial charge in [-0.25, -0.2) is 9.69 Å². The smallest absolute Gasteiger partial charge is 0.417 e. The Kier molecular flexibility index (Phi) is 5.08. The molecule has 30 heavy (non-hydrogen) atoms. The summed E-state index contributed by atoms with van der Waals surface area (Å²) in [6.07, 6.45) is 1.27. The summed E-state index contributed by atoms with van der Waals surface area (Å²) in [6, 6.07) is 9.53. The molecule has 2 aliphatic rings. The summed E-state index contributed by atoms with van der Waals surface area (Å²) in [6.45, 7) is 10.4. The molecule has 1 saturated heterocycles. The Morgan fingerprint density at radius 2 is 1.73 bits per heavy atom. The van der Waals surface area contributed by atoms with E-state index >= 15 is 0 Å². The fraction of sp³-hybridized carbons (Fsp3) is 0.440. The SMILES string of the molecule is Cc1c(C)c(C)c2c(c1C)CC[C@](C)(C(=O)N1C(=O)OC[C@@H]1Cc1ccccc1)O2. The molecule has 0 N–H and O–H groups in total. The highest BCUT2D eigenvalue weighted by Gasteiger charge is 2.49. The van der Waals surface area contributed by atoms with Crippen molar-refractivity contribution in [1.29, 1.82) is 0 Å². The van der Waals surface area contributed by atoms with Crippen LogP contribution in [0.4, 0.5) is 4.79 Å². The molecule has 0 saturated carbocycles. The first-order valence-corrected chi connectivity index (χ1v) is 10.6. The molecule has 2 atom stereocenters. The van der Waals surface area contributed by atoms with Crippen LogP contribution in [0.5, 0.6) is 5.75 Å². The average Bonchev–Trinajstić information content (AvgIpc) is 3.10. The molecule has 0 aromatic heterocycles. The summed E-state index contributed by atoms with van der Waals surface area (Å²) < 4.78 is 11.7. The number of carbonyl (C=O) groups is 2. The zero-order valence-corrected chi connectivity index (χ0v) is 18.4. The third-order valence-electron chi connectivity index (χ3n) is 6.88. The van der Waals surface area contributed by atoms with Gasteiger partial charge in [-0.15, -0.1) is 0 Å². The number of hydrogen-bond acceptors (Lipinski definition) is 4. The Bertz CT molecular complexity index is 1010. The summed E-state index contributed by atoms with van der Waals surface area (Å²) in [5, 5.41) is 0. The molecule has 2 aliphatic heterocycles. The minimum Gasteiger partial charge on any atom is -0.477 e. The molecule has 158 valence electrons. The Morgan fingerprint density at radius 3 is 2.43 bits per heavy atom. The highest BCUT2D eigenvalue weighted by Crippen LogP contribution is 2.42. The molecular formula is C25H29NO4. The van der Waals surface area contributed by atoms with E-state index in [2.05, 4.69) is 20.8 Å². The topological polar surface area (TPSA) is 55.8 Å². The molecule has 0 bridgehead atoms. The summed E-state index contributed by atoms with van der Waals surface area (Å²) in [5.41, 5.74) is 5.90. The van der Waals surface area contributed by atoms with E-state index in [0.29, 0.717) is 12.8 Å². The van der Waals surface area contributed by atoms with Crippen molar-refractivity contribution in [2.45, 2.75) is 65.5 Å². The molecule has 2 heterocycles. The standard InChI is InChI=1S/C25H29NO4/c1-15-16(2)18(4)22-21(17(15)3)11-12-25(5,30-22)23(27)26-20(14-29-24(26)28)13-19-9-7-6-8-10-19/h6-10,20H,11-14H2,1-5H3/t20-,25+/m0/s1. The van der Waals surface area contributed by atoms with E-state index in [0.717, 1.165) is 23.3 Å². The second-order valence-corrected chi connectivity index (χ2v) is 8.74. The van der Waals surface area contributed by atoms with Crippen LogP contribution in [-0.2, 0) is 22.4 Å². The Morgan fingerprint density at radius 1 is 1.07 bits per heavy atom. The van der Waals surface area contributed by atoms with Gasteiger partial charge in [0.05, 0.1) is 6.04 Å². The van der Waals surface area contributed by atoms with Crippen LogP contribution in [0, 0.1) is 27.7 Å². The second kappa shape index (κ2) is 7.46. The van der Waals surface area contributed by atoms with Crippen LogP contribution in [0.1, 0.15) is 46.7 Å². The molecular weight excluding hydrogens is 378 g/mol. The van der Waals surface area contributed by atoms with E-state index in [1.807, 2.05) is 37.3 Å². The quantitative estimate of drug-likeness (QED) is 0.747. The third kappa shape index (κ3) is 3.26. The molecule has 0 unspecified atom stereocenters. The van der Waals surface area contributed by atoms with E-state index < -0.39 is 11.7 Å². The van der Waals surface area contributed by atoms with Crippen molar-refractivity contribution in [3.63, 3.8) is 0 Å². The van der Waals surface area contributed by atoms with Gasteiger partial charge in [0.25, 0.3) is 5.91 Å².